The van der Waals surface area contributed by atoms with E-state index < -0.39 is 5.97 Å². The molecule has 0 saturated carbocycles. The maximum atomic E-state index is 12.7. The van der Waals surface area contributed by atoms with Crippen LogP contribution in [0.3, 0.4) is 0 Å². The van der Waals surface area contributed by atoms with E-state index in [1.165, 1.54) is 23.0 Å². The van der Waals surface area contributed by atoms with Gasteiger partial charge in [0.1, 0.15) is 0 Å². The first-order valence-electron chi connectivity index (χ1n) is 7.81. The molecule has 1 N–H and O–H groups in total. The zero-order valence-electron chi connectivity index (χ0n) is 14.0. The number of benzene rings is 2. The van der Waals surface area contributed by atoms with Gasteiger partial charge in [-0.3, -0.25) is 4.79 Å². The molecule has 0 bridgehead atoms. The summed E-state index contributed by atoms with van der Waals surface area (Å²) in [6, 6.07) is 12.5. The molecule has 8 heteroatoms. The molecule has 0 atom stereocenters. The number of methoxy groups -OCH3 is 1. The number of aryl methyl sites for hydroxylation is 1. The molecular weight excluding hydrogens is 352 g/mol. The maximum Gasteiger partial charge on any atom is 0.337 e. The van der Waals surface area contributed by atoms with E-state index in [1.807, 2.05) is 31.2 Å². The molecule has 0 aliphatic heterocycles. The van der Waals surface area contributed by atoms with Crippen LogP contribution < -0.4 is 10.9 Å². The number of nitrogens with one attached hydrogen (secondary N) is 1. The molecule has 0 aliphatic rings. The van der Waals surface area contributed by atoms with Crippen molar-refractivity contribution < 1.29 is 9.53 Å². The van der Waals surface area contributed by atoms with E-state index in [4.69, 9.17) is 4.74 Å². The van der Waals surface area contributed by atoms with Crippen molar-refractivity contribution in [2.75, 3.05) is 12.4 Å². The number of para-hydroxylation sites is 1. The van der Waals surface area contributed by atoms with Gasteiger partial charge in [0.25, 0.3) is 5.56 Å². The Kier molecular flexibility index (Phi) is 3.89. The van der Waals surface area contributed by atoms with Crippen LogP contribution >= 0.6 is 11.3 Å². The molecule has 26 heavy (non-hydrogen) atoms. The van der Waals surface area contributed by atoms with E-state index in [2.05, 4.69) is 15.4 Å². The number of nitrogens with zero attached hydrogens (tertiary/aromatic N) is 3. The smallest absolute Gasteiger partial charge is 0.337 e. The van der Waals surface area contributed by atoms with Gasteiger partial charge in [0.2, 0.25) is 10.1 Å². The van der Waals surface area contributed by atoms with E-state index in [0.717, 1.165) is 11.3 Å². The molecule has 2 aromatic heterocycles. The number of anilines is 2. The second-order valence-electron chi connectivity index (χ2n) is 5.68. The number of rotatable bonds is 3. The van der Waals surface area contributed by atoms with Gasteiger partial charge < -0.3 is 10.1 Å². The summed E-state index contributed by atoms with van der Waals surface area (Å²) in [6.07, 6.45) is 0. The van der Waals surface area contributed by atoms with Crippen molar-refractivity contribution in [1.82, 2.24) is 14.6 Å². The molecule has 0 aliphatic carbocycles. The van der Waals surface area contributed by atoms with E-state index >= 15 is 0 Å². The predicted molar refractivity (Wildman–Crippen MR) is 100 cm³/mol. The van der Waals surface area contributed by atoms with E-state index in [0.29, 0.717) is 26.6 Å². The third-order valence-electron chi connectivity index (χ3n) is 4.00. The zero-order chi connectivity index (χ0) is 18.3. The molecule has 0 radical (unpaired) electrons. The van der Waals surface area contributed by atoms with Crippen LogP contribution in [0.5, 0.6) is 0 Å². The van der Waals surface area contributed by atoms with Gasteiger partial charge in [-0.1, -0.05) is 29.5 Å². The first-order chi connectivity index (χ1) is 12.6. The molecule has 0 fully saturated rings. The van der Waals surface area contributed by atoms with E-state index in [-0.39, 0.29) is 5.56 Å². The van der Waals surface area contributed by atoms with Crippen molar-refractivity contribution >= 4 is 44.0 Å². The van der Waals surface area contributed by atoms with Gasteiger partial charge in [-0.2, -0.15) is 4.52 Å². The second kappa shape index (κ2) is 6.23. The average molecular weight is 366 g/mol. The second-order valence-corrected chi connectivity index (χ2v) is 6.64. The minimum Gasteiger partial charge on any atom is -0.465 e. The van der Waals surface area contributed by atoms with Crippen LogP contribution in [0.25, 0.3) is 15.9 Å². The quantitative estimate of drug-likeness (QED) is 0.561. The normalized spacial score (nSPS) is 11.0. The molecule has 2 aromatic carbocycles. The van der Waals surface area contributed by atoms with E-state index in [1.54, 1.807) is 18.2 Å². The third-order valence-corrected chi connectivity index (χ3v) is 4.83. The summed E-state index contributed by atoms with van der Waals surface area (Å²) < 4.78 is 5.98. The number of carbonyl (C=O) groups is 1. The maximum absolute atomic E-state index is 12.7. The van der Waals surface area contributed by atoms with Crippen LogP contribution in [0.15, 0.2) is 47.3 Å². The number of carbonyl (C=O) groups excluding carboxylic acids is 1. The minimum absolute atomic E-state index is 0.282. The number of ether oxygens (including phenoxy) is 1. The summed E-state index contributed by atoms with van der Waals surface area (Å²) in [7, 11) is 1.31. The van der Waals surface area contributed by atoms with Crippen LogP contribution in [0.1, 0.15) is 15.9 Å². The van der Waals surface area contributed by atoms with Gasteiger partial charge in [-0.25, -0.2) is 9.78 Å². The summed E-state index contributed by atoms with van der Waals surface area (Å²) in [6.45, 7) is 1.99. The Morgan fingerprint density at radius 3 is 2.81 bits per heavy atom. The van der Waals surface area contributed by atoms with Crippen LogP contribution in [-0.2, 0) is 4.74 Å². The van der Waals surface area contributed by atoms with Crippen molar-refractivity contribution in [3.63, 3.8) is 0 Å². The molecule has 4 aromatic rings. The largest absolute Gasteiger partial charge is 0.465 e. The minimum atomic E-state index is -0.472. The fraction of sp³-hybridized carbons (Fsp3) is 0.111. The van der Waals surface area contributed by atoms with Gasteiger partial charge in [0.05, 0.1) is 23.6 Å². The molecule has 0 spiro atoms. The highest BCUT2D eigenvalue weighted by atomic mass is 32.1. The van der Waals surface area contributed by atoms with Gasteiger partial charge in [0, 0.05) is 5.69 Å². The first kappa shape index (κ1) is 16.2. The average Bonchev–Trinajstić information content (AvgIpc) is 3.05. The third kappa shape index (κ3) is 2.70. The molecule has 7 nitrogen and oxygen atoms in total. The van der Waals surface area contributed by atoms with Gasteiger partial charge >= 0.3 is 5.97 Å². The Hall–Kier alpha value is -3.26. The highest BCUT2D eigenvalue weighted by Gasteiger charge is 2.14. The lowest BCUT2D eigenvalue weighted by molar-refractivity contribution is 0.0601. The molecule has 0 saturated heterocycles. The summed E-state index contributed by atoms with van der Waals surface area (Å²) in [5, 5.41) is 8.50. The zero-order valence-corrected chi connectivity index (χ0v) is 14.8. The topological polar surface area (TPSA) is 85.6 Å². The highest BCUT2D eigenvalue weighted by Crippen LogP contribution is 2.24. The fourth-order valence-corrected chi connectivity index (χ4v) is 3.44. The Bertz CT molecular complexity index is 1210. The van der Waals surface area contributed by atoms with Gasteiger partial charge in [-0.15, -0.1) is 5.10 Å². The van der Waals surface area contributed by atoms with Crippen molar-refractivity contribution in [2.24, 2.45) is 0 Å². The summed E-state index contributed by atoms with van der Waals surface area (Å²) in [4.78, 5) is 29.3. The van der Waals surface area contributed by atoms with Crippen LogP contribution in [0, 0.1) is 6.92 Å². The molecule has 2 heterocycles. The van der Waals surface area contributed by atoms with Crippen molar-refractivity contribution in [1.29, 1.82) is 0 Å². The summed E-state index contributed by atoms with van der Waals surface area (Å²) >= 11 is 1.26. The number of aromatic nitrogens is 3. The molecule has 0 amide bonds. The molecule has 0 unspecified atom stereocenters. The van der Waals surface area contributed by atoms with Crippen LogP contribution in [0.4, 0.5) is 10.8 Å². The SMILES string of the molecule is COC(=O)c1ccc2c(=O)n3nc(Nc4ccccc4C)sc3nc2c1. The van der Waals surface area contributed by atoms with Crippen LogP contribution in [0.2, 0.25) is 0 Å². The standard InChI is InChI=1S/C18H14N4O3S/c1-10-5-3-4-6-13(10)19-17-21-22-15(23)12-8-7-11(16(24)25-2)9-14(12)20-18(22)26-17/h3-9H,1-2H3,(H,19,21). The number of hydrogen-bond acceptors (Lipinski definition) is 7. The number of esters is 1. The Labute approximate surface area is 151 Å². The summed E-state index contributed by atoms with van der Waals surface area (Å²) in [5.74, 6) is -0.472. The lowest BCUT2D eigenvalue weighted by atomic mass is 10.1. The number of fused-ring (bicyclic) bond motifs is 2. The Morgan fingerprint density at radius 2 is 2.04 bits per heavy atom. The van der Waals surface area contributed by atoms with Gasteiger partial charge in [-0.05, 0) is 36.8 Å². The molecular formula is C18H14N4O3S. The molecule has 4 rings (SSSR count). The number of hydrogen-bond donors (Lipinski definition) is 1. The summed E-state index contributed by atoms with van der Waals surface area (Å²) in [5.41, 5.74) is 2.48. The lowest BCUT2D eigenvalue weighted by Gasteiger charge is -2.04. The lowest BCUT2D eigenvalue weighted by Crippen LogP contribution is -2.15. The highest BCUT2D eigenvalue weighted by molar-refractivity contribution is 7.20. The van der Waals surface area contributed by atoms with Gasteiger partial charge in [0.15, 0.2) is 0 Å². The monoisotopic (exact) mass is 366 g/mol. The Balaban J connectivity index is 1.83. The fourth-order valence-electron chi connectivity index (χ4n) is 2.63. The van der Waals surface area contributed by atoms with E-state index in [9.17, 15) is 9.59 Å². The predicted octanol–water partition coefficient (Wildman–Crippen LogP) is 3.14. The van der Waals surface area contributed by atoms with Crippen molar-refractivity contribution in [2.45, 2.75) is 6.92 Å². The Morgan fingerprint density at radius 1 is 1.23 bits per heavy atom. The van der Waals surface area contributed by atoms with Crippen LogP contribution in [-0.4, -0.2) is 27.7 Å². The van der Waals surface area contributed by atoms with Crippen molar-refractivity contribution in [3.8, 4) is 0 Å². The van der Waals surface area contributed by atoms with Crippen molar-refractivity contribution in [3.05, 3.63) is 63.9 Å². The first-order valence-corrected chi connectivity index (χ1v) is 8.63. The molecule has 130 valence electrons.